The zero-order valence-electron chi connectivity index (χ0n) is 10.1. The zero-order chi connectivity index (χ0) is 11.4. The third-order valence-electron chi connectivity index (χ3n) is 3.02. The summed E-state index contributed by atoms with van der Waals surface area (Å²) in [5.41, 5.74) is 5.63. The normalized spacial score (nSPS) is 25.3. The van der Waals surface area contributed by atoms with E-state index in [1.807, 2.05) is 11.8 Å². The maximum absolute atomic E-state index is 11.8. The van der Waals surface area contributed by atoms with Gasteiger partial charge in [0, 0.05) is 38.1 Å². The summed E-state index contributed by atoms with van der Waals surface area (Å²) in [5.74, 6) is 0.201. The molecule has 0 aliphatic carbocycles. The Bertz CT molecular complexity index is 218. The van der Waals surface area contributed by atoms with Crippen LogP contribution in [0.1, 0.15) is 27.2 Å². The van der Waals surface area contributed by atoms with Crippen LogP contribution in [-0.4, -0.2) is 54.0 Å². The maximum Gasteiger partial charge on any atom is 0.224 e. The van der Waals surface area contributed by atoms with Gasteiger partial charge in [-0.1, -0.05) is 6.92 Å². The minimum Gasteiger partial charge on any atom is -0.340 e. The molecule has 0 radical (unpaired) electrons. The molecule has 1 fully saturated rings. The maximum atomic E-state index is 11.8. The third-order valence-corrected chi connectivity index (χ3v) is 3.02. The lowest BCUT2D eigenvalue weighted by molar-refractivity contribution is -0.134. The van der Waals surface area contributed by atoms with Gasteiger partial charge < -0.3 is 10.6 Å². The number of hydrogen-bond acceptors (Lipinski definition) is 3. The molecular weight excluding hydrogens is 190 g/mol. The summed E-state index contributed by atoms with van der Waals surface area (Å²) in [7, 11) is 0. The number of likely N-dealkylation sites (N-methyl/N-ethyl adjacent to an activating group) is 1. The highest BCUT2D eigenvalue weighted by molar-refractivity contribution is 5.76. The van der Waals surface area contributed by atoms with Crippen molar-refractivity contribution in [3.05, 3.63) is 0 Å². The van der Waals surface area contributed by atoms with E-state index in [0.717, 1.165) is 26.2 Å². The van der Waals surface area contributed by atoms with Crippen LogP contribution in [0.4, 0.5) is 0 Å². The van der Waals surface area contributed by atoms with Crippen molar-refractivity contribution in [1.82, 2.24) is 9.80 Å². The Balaban J connectivity index is 2.43. The molecule has 0 aromatic rings. The Morgan fingerprint density at radius 1 is 1.53 bits per heavy atom. The molecule has 0 aromatic heterocycles. The Hall–Kier alpha value is -0.610. The quantitative estimate of drug-likeness (QED) is 0.732. The first kappa shape index (κ1) is 12.5. The van der Waals surface area contributed by atoms with Gasteiger partial charge in [-0.2, -0.15) is 0 Å². The van der Waals surface area contributed by atoms with Crippen molar-refractivity contribution >= 4 is 5.91 Å². The van der Waals surface area contributed by atoms with Crippen molar-refractivity contribution in [2.75, 3.05) is 26.2 Å². The van der Waals surface area contributed by atoms with E-state index >= 15 is 0 Å². The number of piperazine rings is 1. The van der Waals surface area contributed by atoms with Gasteiger partial charge in [-0.25, -0.2) is 0 Å². The topological polar surface area (TPSA) is 49.6 Å². The predicted octanol–water partition coefficient (Wildman–Crippen LogP) is 0.276. The van der Waals surface area contributed by atoms with Crippen LogP contribution in [0.3, 0.4) is 0 Å². The number of nitrogens with zero attached hydrogens (tertiary/aromatic N) is 2. The van der Waals surface area contributed by atoms with Crippen molar-refractivity contribution < 1.29 is 4.79 Å². The largest absolute Gasteiger partial charge is 0.340 e. The van der Waals surface area contributed by atoms with E-state index in [1.165, 1.54) is 0 Å². The highest BCUT2D eigenvalue weighted by Gasteiger charge is 2.25. The number of nitrogens with two attached hydrogens (primary N) is 1. The van der Waals surface area contributed by atoms with E-state index in [1.54, 1.807) is 0 Å². The Morgan fingerprint density at radius 3 is 2.67 bits per heavy atom. The van der Waals surface area contributed by atoms with E-state index in [4.69, 9.17) is 5.73 Å². The summed E-state index contributed by atoms with van der Waals surface area (Å²) in [6.45, 7) is 9.97. The summed E-state index contributed by atoms with van der Waals surface area (Å²) >= 11 is 0. The first-order chi connectivity index (χ1) is 7.04. The van der Waals surface area contributed by atoms with Gasteiger partial charge in [-0.05, 0) is 20.4 Å². The second kappa shape index (κ2) is 5.47. The zero-order valence-corrected chi connectivity index (χ0v) is 10.1. The van der Waals surface area contributed by atoms with Gasteiger partial charge in [-0.15, -0.1) is 0 Å². The van der Waals surface area contributed by atoms with Gasteiger partial charge in [0.1, 0.15) is 0 Å². The molecule has 0 spiro atoms. The third kappa shape index (κ3) is 3.47. The number of amides is 1. The fourth-order valence-corrected chi connectivity index (χ4v) is 2.10. The van der Waals surface area contributed by atoms with Crippen molar-refractivity contribution in [1.29, 1.82) is 0 Å². The van der Waals surface area contributed by atoms with Gasteiger partial charge in [-0.3, -0.25) is 9.69 Å². The highest BCUT2D eigenvalue weighted by Crippen LogP contribution is 2.10. The lowest BCUT2D eigenvalue weighted by atomic mass is 10.1. The summed E-state index contributed by atoms with van der Waals surface area (Å²) in [6.07, 6.45) is 0.471. The minimum atomic E-state index is -0.0305. The van der Waals surface area contributed by atoms with Crippen LogP contribution in [0.15, 0.2) is 0 Å². The van der Waals surface area contributed by atoms with E-state index < -0.39 is 0 Å². The minimum absolute atomic E-state index is 0.0305. The lowest BCUT2D eigenvalue weighted by Crippen LogP contribution is -2.53. The number of carbonyl (C=O) groups is 1. The van der Waals surface area contributed by atoms with Crippen LogP contribution in [0.25, 0.3) is 0 Å². The van der Waals surface area contributed by atoms with Crippen molar-refractivity contribution in [3.8, 4) is 0 Å². The molecule has 1 amide bonds. The summed E-state index contributed by atoms with van der Waals surface area (Å²) in [4.78, 5) is 16.1. The van der Waals surface area contributed by atoms with E-state index in [0.29, 0.717) is 12.5 Å². The molecule has 1 aliphatic rings. The van der Waals surface area contributed by atoms with Crippen LogP contribution < -0.4 is 5.73 Å². The first-order valence-electron chi connectivity index (χ1n) is 5.82. The fourth-order valence-electron chi connectivity index (χ4n) is 2.10. The molecule has 2 atom stereocenters. The summed E-state index contributed by atoms with van der Waals surface area (Å²) in [5, 5.41) is 0. The average molecular weight is 213 g/mol. The van der Waals surface area contributed by atoms with Gasteiger partial charge in [0.2, 0.25) is 5.91 Å². The molecular formula is C11H23N3O. The van der Waals surface area contributed by atoms with Gasteiger partial charge in [0.15, 0.2) is 0 Å². The molecule has 4 heteroatoms. The van der Waals surface area contributed by atoms with Crippen LogP contribution >= 0.6 is 0 Å². The molecule has 0 bridgehead atoms. The van der Waals surface area contributed by atoms with Gasteiger partial charge >= 0.3 is 0 Å². The predicted molar refractivity (Wildman–Crippen MR) is 61.6 cm³/mol. The molecule has 0 saturated carbocycles. The number of rotatable bonds is 3. The number of hydrogen-bond donors (Lipinski definition) is 1. The summed E-state index contributed by atoms with van der Waals surface area (Å²) < 4.78 is 0. The Kier molecular flexibility index (Phi) is 4.54. The van der Waals surface area contributed by atoms with E-state index in [9.17, 15) is 4.79 Å². The summed E-state index contributed by atoms with van der Waals surface area (Å²) in [6, 6.07) is 0.442. The average Bonchev–Trinajstić information content (AvgIpc) is 2.16. The SMILES string of the molecule is CCN1CCN(C(=O)CC(C)N)CC1C. The van der Waals surface area contributed by atoms with Crippen molar-refractivity contribution in [2.24, 2.45) is 5.73 Å². The highest BCUT2D eigenvalue weighted by atomic mass is 16.2. The molecule has 1 rings (SSSR count). The molecule has 15 heavy (non-hydrogen) atoms. The van der Waals surface area contributed by atoms with Crippen LogP contribution in [0.5, 0.6) is 0 Å². The lowest BCUT2D eigenvalue weighted by Gasteiger charge is -2.39. The second-order valence-electron chi connectivity index (χ2n) is 4.50. The molecule has 2 N–H and O–H groups in total. The molecule has 88 valence electrons. The van der Waals surface area contributed by atoms with Crippen LogP contribution in [-0.2, 0) is 4.79 Å². The molecule has 1 aliphatic heterocycles. The second-order valence-corrected chi connectivity index (χ2v) is 4.50. The van der Waals surface area contributed by atoms with Gasteiger partial charge in [0.25, 0.3) is 0 Å². The van der Waals surface area contributed by atoms with Gasteiger partial charge in [0.05, 0.1) is 0 Å². The fraction of sp³-hybridized carbons (Fsp3) is 0.909. The first-order valence-corrected chi connectivity index (χ1v) is 5.82. The van der Waals surface area contributed by atoms with Crippen molar-refractivity contribution in [2.45, 2.75) is 39.3 Å². The van der Waals surface area contributed by atoms with Crippen LogP contribution in [0, 0.1) is 0 Å². The van der Waals surface area contributed by atoms with E-state index in [2.05, 4.69) is 18.7 Å². The number of carbonyl (C=O) groups excluding carboxylic acids is 1. The smallest absolute Gasteiger partial charge is 0.224 e. The van der Waals surface area contributed by atoms with E-state index in [-0.39, 0.29) is 11.9 Å². The molecule has 2 unspecified atom stereocenters. The van der Waals surface area contributed by atoms with Crippen molar-refractivity contribution in [3.63, 3.8) is 0 Å². The molecule has 1 heterocycles. The monoisotopic (exact) mass is 213 g/mol. The standard InChI is InChI=1S/C11H23N3O/c1-4-13-5-6-14(8-10(13)3)11(15)7-9(2)12/h9-10H,4-8,12H2,1-3H3. The Morgan fingerprint density at radius 2 is 2.20 bits per heavy atom. The van der Waals surface area contributed by atoms with Crippen LogP contribution in [0.2, 0.25) is 0 Å². The molecule has 4 nitrogen and oxygen atoms in total. The molecule has 1 saturated heterocycles. The molecule has 0 aromatic carbocycles. The Labute approximate surface area is 92.4 Å².